The number of thiophene rings is 1. The molecule has 25 heavy (non-hydrogen) atoms. The van der Waals surface area contributed by atoms with Crippen LogP contribution in [-0.4, -0.2) is 28.2 Å². The van der Waals surface area contributed by atoms with Crippen LogP contribution in [0.15, 0.2) is 29.0 Å². The summed E-state index contributed by atoms with van der Waals surface area (Å²) in [5, 5.41) is 7.19. The van der Waals surface area contributed by atoms with Gasteiger partial charge in [-0.15, -0.1) is 0 Å². The van der Waals surface area contributed by atoms with E-state index in [4.69, 9.17) is 0 Å². The van der Waals surface area contributed by atoms with Crippen LogP contribution in [0.3, 0.4) is 0 Å². The van der Waals surface area contributed by atoms with Gasteiger partial charge >= 0.3 is 0 Å². The van der Waals surface area contributed by atoms with Gasteiger partial charge in [0.25, 0.3) is 5.91 Å². The van der Waals surface area contributed by atoms with Crippen LogP contribution in [-0.2, 0) is 17.8 Å². The summed E-state index contributed by atoms with van der Waals surface area (Å²) in [5.41, 5.74) is 1.67. The number of nitrogens with zero attached hydrogens (tertiary/aromatic N) is 2. The lowest BCUT2D eigenvalue weighted by Crippen LogP contribution is -2.39. The van der Waals surface area contributed by atoms with Gasteiger partial charge in [0.05, 0.1) is 17.8 Å². The number of hydrogen-bond acceptors (Lipinski definition) is 5. The molecule has 0 saturated heterocycles. The summed E-state index contributed by atoms with van der Waals surface area (Å²) in [5.74, 6) is 0.249. The summed E-state index contributed by atoms with van der Waals surface area (Å²) in [7, 11) is 0. The van der Waals surface area contributed by atoms with E-state index in [1.807, 2.05) is 15.7 Å². The van der Waals surface area contributed by atoms with Gasteiger partial charge in [-0.05, 0) is 30.7 Å². The third-order valence-electron chi connectivity index (χ3n) is 4.67. The molecule has 0 spiro atoms. The molecule has 0 aromatic carbocycles. The van der Waals surface area contributed by atoms with Gasteiger partial charge in [-0.1, -0.05) is 23.5 Å². The first kappa shape index (κ1) is 16.5. The highest BCUT2D eigenvalue weighted by atomic mass is 32.1. The molecule has 130 valence electrons. The first-order chi connectivity index (χ1) is 12.2. The van der Waals surface area contributed by atoms with Gasteiger partial charge in [0.2, 0.25) is 5.91 Å². The summed E-state index contributed by atoms with van der Waals surface area (Å²) in [6.07, 6.45) is 7.83. The molecule has 1 aliphatic carbocycles. The second-order valence-corrected chi connectivity index (χ2v) is 8.21. The van der Waals surface area contributed by atoms with Crippen LogP contribution in [0.25, 0.3) is 0 Å². The van der Waals surface area contributed by atoms with Crippen molar-refractivity contribution in [2.75, 3.05) is 11.9 Å². The Morgan fingerprint density at radius 1 is 1.32 bits per heavy atom. The Kier molecular flexibility index (Phi) is 4.67. The Bertz CT molecular complexity index is 810. The van der Waals surface area contributed by atoms with Crippen LogP contribution in [0.4, 0.5) is 5.13 Å². The molecule has 2 amide bonds. The van der Waals surface area contributed by atoms with Crippen molar-refractivity contribution in [2.24, 2.45) is 5.92 Å². The Morgan fingerprint density at radius 2 is 2.24 bits per heavy atom. The highest BCUT2D eigenvalue weighted by molar-refractivity contribution is 7.16. The monoisotopic (exact) mass is 373 g/mol. The van der Waals surface area contributed by atoms with Crippen molar-refractivity contribution in [2.45, 2.75) is 32.2 Å². The molecule has 0 unspecified atom stereocenters. The van der Waals surface area contributed by atoms with Crippen LogP contribution in [0.5, 0.6) is 0 Å². The zero-order chi connectivity index (χ0) is 17.2. The highest BCUT2D eigenvalue weighted by Crippen LogP contribution is 2.30. The molecule has 4 rings (SSSR count). The van der Waals surface area contributed by atoms with Gasteiger partial charge < -0.3 is 4.90 Å². The van der Waals surface area contributed by atoms with Crippen LogP contribution in [0.2, 0.25) is 0 Å². The van der Waals surface area contributed by atoms with E-state index in [9.17, 15) is 9.59 Å². The number of fused-ring (bicyclic) bond motifs is 1. The predicted molar refractivity (Wildman–Crippen MR) is 100.0 cm³/mol. The van der Waals surface area contributed by atoms with E-state index in [-0.39, 0.29) is 17.7 Å². The summed E-state index contributed by atoms with van der Waals surface area (Å²) in [6.45, 7) is 1.33. The second kappa shape index (κ2) is 7.09. The van der Waals surface area contributed by atoms with Crippen molar-refractivity contribution in [3.05, 3.63) is 45.1 Å². The number of rotatable bonds is 3. The van der Waals surface area contributed by atoms with Gasteiger partial charge in [-0.3, -0.25) is 14.9 Å². The maximum absolute atomic E-state index is 12.7. The normalized spacial score (nSPS) is 19.5. The fourth-order valence-corrected chi connectivity index (χ4v) is 4.93. The van der Waals surface area contributed by atoms with Crippen LogP contribution >= 0.6 is 22.7 Å². The SMILES string of the molecule is O=C(Nc1nc2c(s1)CN(C(=O)[C@@H]1CC=CCC1)CC2)c1ccsc1. The summed E-state index contributed by atoms with van der Waals surface area (Å²) in [4.78, 5) is 32.5. The van der Waals surface area contributed by atoms with Crippen molar-refractivity contribution in [1.82, 2.24) is 9.88 Å². The number of aromatic nitrogens is 1. The summed E-state index contributed by atoms with van der Waals surface area (Å²) in [6, 6.07) is 1.80. The number of amides is 2. The third-order valence-corrected chi connectivity index (χ3v) is 6.35. The lowest BCUT2D eigenvalue weighted by Gasteiger charge is -2.30. The van der Waals surface area contributed by atoms with Gasteiger partial charge in [0.1, 0.15) is 0 Å². The lowest BCUT2D eigenvalue weighted by molar-refractivity contribution is -0.136. The summed E-state index contributed by atoms with van der Waals surface area (Å²) >= 11 is 2.98. The van der Waals surface area contributed by atoms with Crippen molar-refractivity contribution in [3.8, 4) is 0 Å². The van der Waals surface area contributed by atoms with E-state index in [0.717, 1.165) is 36.3 Å². The topological polar surface area (TPSA) is 62.3 Å². The number of thiazole rings is 1. The fourth-order valence-electron chi connectivity index (χ4n) is 3.28. The minimum Gasteiger partial charge on any atom is -0.337 e. The molecule has 2 aromatic heterocycles. The summed E-state index contributed by atoms with van der Waals surface area (Å²) < 4.78 is 0. The van der Waals surface area contributed by atoms with E-state index in [2.05, 4.69) is 22.5 Å². The predicted octanol–water partition coefficient (Wildman–Crippen LogP) is 3.70. The second-order valence-electron chi connectivity index (χ2n) is 6.35. The molecule has 1 N–H and O–H groups in total. The van der Waals surface area contributed by atoms with E-state index in [1.165, 1.54) is 22.7 Å². The quantitative estimate of drug-likeness (QED) is 0.835. The Balaban J connectivity index is 1.43. The van der Waals surface area contributed by atoms with Crippen molar-refractivity contribution in [1.29, 1.82) is 0 Å². The Labute approximate surface area is 154 Å². The molecular weight excluding hydrogens is 354 g/mol. The van der Waals surface area contributed by atoms with E-state index in [0.29, 0.717) is 23.8 Å². The zero-order valence-electron chi connectivity index (χ0n) is 13.7. The van der Waals surface area contributed by atoms with Crippen molar-refractivity contribution in [3.63, 3.8) is 0 Å². The molecule has 1 aliphatic heterocycles. The van der Waals surface area contributed by atoms with Crippen LogP contribution in [0, 0.1) is 5.92 Å². The molecule has 1 atom stereocenters. The van der Waals surface area contributed by atoms with Crippen molar-refractivity contribution < 1.29 is 9.59 Å². The molecule has 0 bridgehead atoms. The van der Waals surface area contributed by atoms with E-state index >= 15 is 0 Å². The standard InChI is InChI=1S/C18H19N3O2S2/c22-16(13-7-9-24-11-13)20-18-19-14-6-8-21(10-15(14)25-18)17(23)12-4-2-1-3-5-12/h1-2,7,9,11-12H,3-6,8,10H2,(H,19,20,22)/t12-/m1/s1. The van der Waals surface area contributed by atoms with Gasteiger partial charge in [-0.25, -0.2) is 4.98 Å². The molecule has 2 aromatic rings. The average Bonchev–Trinajstić information content (AvgIpc) is 3.30. The molecule has 2 aliphatic rings. The molecule has 0 radical (unpaired) electrons. The number of nitrogens with one attached hydrogen (secondary N) is 1. The fraction of sp³-hybridized carbons (Fsp3) is 0.389. The minimum atomic E-state index is -0.130. The first-order valence-electron chi connectivity index (χ1n) is 8.46. The van der Waals surface area contributed by atoms with Crippen LogP contribution < -0.4 is 5.32 Å². The first-order valence-corrected chi connectivity index (χ1v) is 10.2. The van der Waals surface area contributed by atoms with E-state index in [1.54, 1.807) is 6.07 Å². The number of allylic oxidation sites excluding steroid dienone is 2. The highest BCUT2D eigenvalue weighted by Gasteiger charge is 2.29. The molecule has 7 heteroatoms. The van der Waals surface area contributed by atoms with Gasteiger partial charge in [0.15, 0.2) is 5.13 Å². The van der Waals surface area contributed by atoms with E-state index < -0.39 is 0 Å². The molecule has 0 fully saturated rings. The number of carbonyl (C=O) groups excluding carboxylic acids is 2. The molecule has 3 heterocycles. The maximum atomic E-state index is 12.7. The molecule has 5 nitrogen and oxygen atoms in total. The Morgan fingerprint density at radius 3 is 3.00 bits per heavy atom. The minimum absolute atomic E-state index is 0.122. The zero-order valence-corrected chi connectivity index (χ0v) is 15.4. The average molecular weight is 374 g/mol. The maximum Gasteiger partial charge on any atom is 0.258 e. The lowest BCUT2D eigenvalue weighted by atomic mass is 9.92. The van der Waals surface area contributed by atoms with Gasteiger partial charge in [0, 0.05) is 29.1 Å². The number of carbonyl (C=O) groups is 2. The third kappa shape index (κ3) is 3.52. The van der Waals surface area contributed by atoms with Gasteiger partial charge in [-0.2, -0.15) is 11.3 Å². The largest absolute Gasteiger partial charge is 0.337 e. The van der Waals surface area contributed by atoms with Crippen LogP contribution in [0.1, 0.15) is 40.2 Å². The Hall–Kier alpha value is -1.99. The smallest absolute Gasteiger partial charge is 0.258 e. The molecule has 0 saturated carbocycles. The van der Waals surface area contributed by atoms with Crippen molar-refractivity contribution >= 4 is 39.6 Å². The number of hydrogen-bond donors (Lipinski definition) is 1. The number of anilines is 1. The molecular formula is C18H19N3O2S2.